The second-order valence-electron chi connectivity index (χ2n) is 6.53. The van der Waals surface area contributed by atoms with Gasteiger partial charge in [0.1, 0.15) is 11.5 Å². The van der Waals surface area contributed by atoms with Crippen LogP contribution in [-0.4, -0.2) is 50.1 Å². The number of rotatable bonds is 8. The molecule has 1 fully saturated rings. The highest BCUT2D eigenvalue weighted by atomic mass is 16.3. The molecule has 4 nitrogen and oxygen atoms in total. The molecule has 0 amide bonds. The number of nitrogens with one attached hydrogen (secondary N) is 1. The Kier molecular flexibility index (Phi) is 6.74. The second kappa shape index (κ2) is 8.57. The number of hydrogen-bond donors (Lipinski definition) is 1. The van der Waals surface area contributed by atoms with Gasteiger partial charge in [-0.15, -0.1) is 0 Å². The lowest BCUT2D eigenvalue weighted by Gasteiger charge is -2.32. The molecule has 0 aromatic carbocycles. The maximum absolute atomic E-state index is 5.91. The first-order chi connectivity index (χ1) is 10.2. The monoisotopic (exact) mass is 293 g/mol. The van der Waals surface area contributed by atoms with Crippen LogP contribution in [0.5, 0.6) is 0 Å². The molecular weight excluding hydrogens is 262 g/mol. The van der Waals surface area contributed by atoms with Gasteiger partial charge in [-0.05, 0) is 71.0 Å². The van der Waals surface area contributed by atoms with Crippen molar-refractivity contribution in [3.05, 3.63) is 23.7 Å². The summed E-state index contributed by atoms with van der Waals surface area (Å²) in [4.78, 5) is 4.83. The summed E-state index contributed by atoms with van der Waals surface area (Å²) in [6.07, 6.45) is 3.78. The minimum Gasteiger partial charge on any atom is -0.463 e. The maximum Gasteiger partial charge on any atom is 0.118 e. The van der Waals surface area contributed by atoms with Gasteiger partial charge in [-0.3, -0.25) is 4.90 Å². The van der Waals surface area contributed by atoms with Crippen molar-refractivity contribution in [2.24, 2.45) is 5.92 Å². The fraction of sp³-hybridized carbons (Fsp3) is 0.765. The van der Waals surface area contributed by atoms with Crippen molar-refractivity contribution in [3.63, 3.8) is 0 Å². The Morgan fingerprint density at radius 3 is 2.62 bits per heavy atom. The van der Waals surface area contributed by atoms with Crippen molar-refractivity contribution in [3.8, 4) is 0 Å². The molecule has 1 aliphatic heterocycles. The predicted octanol–water partition coefficient (Wildman–Crippen LogP) is 2.55. The van der Waals surface area contributed by atoms with Gasteiger partial charge in [-0.2, -0.15) is 0 Å². The molecular formula is C17H31N3O. The zero-order chi connectivity index (χ0) is 15.1. The molecule has 0 radical (unpaired) electrons. The molecule has 0 saturated carbocycles. The van der Waals surface area contributed by atoms with Crippen molar-refractivity contribution in [2.45, 2.75) is 39.3 Å². The van der Waals surface area contributed by atoms with Gasteiger partial charge in [-0.25, -0.2) is 0 Å². The molecule has 1 aliphatic rings. The van der Waals surface area contributed by atoms with Crippen molar-refractivity contribution >= 4 is 0 Å². The number of hydrogen-bond acceptors (Lipinski definition) is 4. The van der Waals surface area contributed by atoms with Crippen molar-refractivity contribution in [1.29, 1.82) is 0 Å². The minimum absolute atomic E-state index is 0.846. The summed E-state index contributed by atoms with van der Waals surface area (Å²) in [7, 11) is 4.34. The molecule has 1 N–H and O–H groups in total. The molecule has 0 bridgehead atoms. The van der Waals surface area contributed by atoms with Gasteiger partial charge in [-0.1, -0.05) is 6.92 Å². The molecule has 0 atom stereocenters. The highest BCUT2D eigenvalue weighted by Gasteiger charge is 2.20. The molecule has 0 aliphatic carbocycles. The van der Waals surface area contributed by atoms with Crippen LogP contribution >= 0.6 is 0 Å². The highest BCUT2D eigenvalue weighted by Crippen LogP contribution is 2.20. The van der Waals surface area contributed by atoms with E-state index in [9.17, 15) is 0 Å². The molecule has 0 spiro atoms. The molecule has 2 rings (SSSR count). The maximum atomic E-state index is 5.91. The van der Waals surface area contributed by atoms with E-state index >= 15 is 0 Å². The third-order valence-electron chi connectivity index (χ3n) is 4.15. The van der Waals surface area contributed by atoms with Crippen LogP contribution in [0.3, 0.4) is 0 Å². The third-order valence-corrected chi connectivity index (χ3v) is 4.15. The molecule has 120 valence electrons. The third kappa shape index (κ3) is 5.81. The summed E-state index contributed by atoms with van der Waals surface area (Å²) >= 11 is 0. The summed E-state index contributed by atoms with van der Waals surface area (Å²) in [5, 5.41) is 3.38. The fourth-order valence-electron chi connectivity index (χ4n) is 3.05. The van der Waals surface area contributed by atoms with Crippen LogP contribution in [0, 0.1) is 5.92 Å². The van der Waals surface area contributed by atoms with Gasteiger partial charge in [0.25, 0.3) is 0 Å². The lowest BCUT2D eigenvalue weighted by Crippen LogP contribution is -2.36. The van der Waals surface area contributed by atoms with Crippen LogP contribution in [0.2, 0.25) is 0 Å². The van der Waals surface area contributed by atoms with E-state index in [0.29, 0.717) is 0 Å². The van der Waals surface area contributed by atoms with Crippen molar-refractivity contribution in [1.82, 2.24) is 15.1 Å². The van der Waals surface area contributed by atoms with Gasteiger partial charge < -0.3 is 14.6 Å². The van der Waals surface area contributed by atoms with Crippen LogP contribution in [0.4, 0.5) is 0 Å². The van der Waals surface area contributed by atoms with Crippen LogP contribution in [0.25, 0.3) is 0 Å². The number of furan rings is 1. The van der Waals surface area contributed by atoms with Crippen LogP contribution in [-0.2, 0) is 13.1 Å². The van der Waals surface area contributed by atoms with Gasteiger partial charge in [0.2, 0.25) is 0 Å². The molecule has 2 heterocycles. The molecule has 1 aromatic heterocycles. The van der Waals surface area contributed by atoms with E-state index in [2.05, 4.69) is 48.3 Å². The highest BCUT2D eigenvalue weighted by molar-refractivity contribution is 5.07. The van der Waals surface area contributed by atoms with E-state index in [0.717, 1.165) is 43.5 Å². The second-order valence-corrected chi connectivity index (χ2v) is 6.53. The Balaban J connectivity index is 1.71. The van der Waals surface area contributed by atoms with Gasteiger partial charge >= 0.3 is 0 Å². The van der Waals surface area contributed by atoms with Gasteiger partial charge in [0, 0.05) is 6.54 Å². The zero-order valence-electron chi connectivity index (χ0n) is 13.9. The summed E-state index contributed by atoms with van der Waals surface area (Å²) < 4.78 is 5.91. The van der Waals surface area contributed by atoms with E-state index in [1.165, 1.54) is 32.5 Å². The van der Waals surface area contributed by atoms with Gasteiger partial charge in [0.05, 0.1) is 13.1 Å². The van der Waals surface area contributed by atoms with E-state index < -0.39 is 0 Å². The summed E-state index contributed by atoms with van der Waals surface area (Å²) in [6, 6.07) is 4.24. The first-order valence-electron chi connectivity index (χ1n) is 8.32. The molecule has 4 heteroatoms. The number of likely N-dealkylation sites (tertiary alicyclic amines) is 1. The van der Waals surface area contributed by atoms with Crippen molar-refractivity contribution in [2.75, 3.05) is 40.3 Å². The Morgan fingerprint density at radius 1 is 1.24 bits per heavy atom. The quantitative estimate of drug-likeness (QED) is 0.747. The number of nitrogens with zero attached hydrogens (tertiary/aromatic N) is 2. The lowest BCUT2D eigenvalue weighted by molar-refractivity contribution is 0.148. The minimum atomic E-state index is 0.846. The normalized spacial score (nSPS) is 17.7. The van der Waals surface area contributed by atoms with Crippen LogP contribution in [0.15, 0.2) is 16.5 Å². The smallest absolute Gasteiger partial charge is 0.118 e. The first kappa shape index (κ1) is 16.5. The standard InChI is InChI=1S/C17H31N3O/c1-4-9-18-12-16-5-6-17(21-16)14-20-10-7-15(8-11-20)13-19(2)3/h5-6,15,18H,4,7-14H2,1-3H3. The molecule has 1 saturated heterocycles. The Hall–Kier alpha value is -0.840. The largest absolute Gasteiger partial charge is 0.463 e. The zero-order valence-corrected chi connectivity index (χ0v) is 13.9. The van der Waals surface area contributed by atoms with Crippen molar-refractivity contribution < 1.29 is 4.42 Å². The van der Waals surface area contributed by atoms with E-state index in [-0.39, 0.29) is 0 Å². The molecule has 0 unspecified atom stereocenters. The van der Waals surface area contributed by atoms with Crippen LogP contribution in [0.1, 0.15) is 37.7 Å². The summed E-state index contributed by atoms with van der Waals surface area (Å²) in [5.41, 5.74) is 0. The predicted molar refractivity (Wildman–Crippen MR) is 87.3 cm³/mol. The summed E-state index contributed by atoms with van der Waals surface area (Å²) in [6.45, 7) is 8.66. The average molecular weight is 293 g/mol. The Morgan fingerprint density at radius 2 is 1.95 bits per heavy atom. The topological polar surface area (TPSA) is 31.6 Å². The lowest BCUT2D eigenvalue weighted by atomic mass is 9.96. The number of piperidine rings is 1. The van der Waals surface area contributed by atoms with Gasteiger partial charge in [0.15, 0.2) is 0 Å². The summed E-state index contributed by atoms with van der Waals surface area (Å²) in [5.74, 6) is 3.02. The Labute approximate surface area is 129 Å². The SMILES string of the molecule is CCCNCc1ccc(CN2CCC(CN(C)C)CC2)o1. The first-order valence-corrected chi connectivity index (χ1v) is 8.32. The van der Waals surface area contributed by atoms with Crippen LogP contribution < -0.4 is 5.32 Å². The molecule has 1 aromatic rings. The fourth-order valence-corrected chi connectivity index (χ4v) is 3.05. The molecule has 21 heavy (non-hydrogen) atoms. The average Bonchev–Trinajstić information content (AvgIpc) is 2.88. The van der Waals surface area contributed by atoms with E-state index in [4.69, 9.17) is 4.42 Å². The Bertz CT molecular complexity index is 394. The van der Waals surface area contributed by atoms with E-state index in [1.54, 1.807) is 0 Å². The van der Waals surface area contributed by atoms with E-state index in [1.807, 2.05) is 0 Å².